The van der Waals surface area contributed by atoms with Crippen LogP contribution < -0.4 is 15.5 Å². The largest absolute Gasteiger partial charge is 0.484 e. The van der Waals surface area contributed by atoms with Crippen molar-refractivity contribution in [3.63, 3.8) is 0 Å². The van der Waals surface area contributed by atoms with Crippen LogP contribution in [0.3, 0.4) is 0 Å². The number of hydrazone groups is 1. The molecule has 0 bridgehead atoms. The van der Waals surface area contributed by atoms with E-state index >= 15 is 0 Å². The minimum Gasteiger partial charge on any atom is -0.484 e. The molecular weight excluding hydrogens is 425 g/mol. The van der Waals surface area contributed by atoms with E-state index in [1.807, 2.05) is 36.4 Å². The molecule has 0 radical (unpaired) electrons. The molecule has 0 aliphatic rings. The Balaban J connectivity index is 1.47. The van der Waals surface area contributed by atoms with Crippen molar-refractivity contribution in [1.29, 1.82) is 0 Å². The highest BCUT2D eigenvalue weighted by molar-refractivity contribution is 6.43. The molecule has 3 aromatic rings. The number of nitrogens with one attached hydrogen (secondary N) is 2. The first-order valence-electron chi connectivity index (χ1n) is 9.12. The monoisotopic (exact) mass is 443 g/mol. The Morgan fingerprint density at radius 1 is 1.07 bits per heavy atom. The van der Waals surface area contributed by atoms with Crippen molar-refractivity contribution in [2.75, 3.05) is 6.61 Å². The van der Waals surface area contributed by atoms with Crippen molar-refractivity contribution < 1.29 is 14.3 Å². The van der Waals surface area contributed by atoms with Crippen LogP contribution >= 0.6 is 23.2 Å². The third-order valence-corrected chi connectivity index (χ3v) is 5.06. The van der Waals surface area contributed by atoms with E-state index in [-0.39, 0.29) is 6.61 Å². The van der Waals surface area contributed by atoms with Crippen molar-refractivity contribution in [1.82, 2.24) is 10.7 Å². The van der Waals surface area contributed by atoms with Crippen LogP contribution in [0.2, 0.25) is 10.0 Å². The zero-order valence-electron chi connectivity index (χ0n) is 16.1. The fourth-order valence-electron chi connectivity index (χ4n) is 2.64. The first kappa shape index (κ1) is 21.6. The quantitative estimate of drug-likeness (QED) is 0.424. The van der Waals surface area contributed by atoms with Gasteiger partial charge in [-0.2, -0.15) is 5.10 Å². The lowest BCUT2D eigenvalue weighted by molar-refractivity contribution is -0.129. The van der Waals surface area contributed by atoms with E-state index in [1.54, 1.807) is 31.2 Å². The number of hydrogen-bond acceptors (Lipinski definition) is 4. The lowest BCUT2D eigenvalue weighted by atomic mass is 10.1. The fourth-order valence-corrected chi connectivity index (χ4v) is 2.99. The van der Waals surface area contributed by atoms with Gasteiger partial charge in [0.05, 0.1) is 16.3 Å². The molecule has 0 saturated carbocycles. The summed E-state index contributed by atoms with van der Waals surface area (Å²) in [6.07, 6.45) is 1.38. The van der Waals surface area contributed by atoms with Crippen molar-refractivity contribution in [3.8, 4) is 5.75 Å². The number of ether oxygens (including phenoxy) is 1. The average Bonchev–Trinajstić information content (AvgIpc) is 2.75. The molecule has 2 amide bonds. The van der Waals surface area contributed by atoms with Crippen molar-refractivity contribution in [2.24, 2.45) is 5.10 Å². The summed E-state index contributed by atoms with van der Waals surface area (Å²) < 4.78 is 5.52. The van der Waals surface area contributed by atoms with Crippen molar-refractivity contribution in [2.45, 2.75) is 13.0 Å². The Kier molecular flexibility index (Phi) is 7.27. The SMILES string of the molecule is C[C@@H](NC(=O)COc1ccc2ccccc2c1)C(=O)NN=Cc1cccc(Cl)c1Cl. The molecule has 0 heterocycles. The van der Waals surface area contributed by atoms with Gasteiger partial charge in [0.15, 0.2) is 6.61 Å². The van der Waals surface area contributed by atoms with Crippen LogP contribution in [0, 0.1) is 0 Å². The Morgan fingerprint density at radius 3 is 2.63 bits per heavy atom. The van der Waals surface area contributed by atoms with Crippen LogP contribution in [0.5, 0.6) is 5.75 Å². The summed E-state index contributed by atoms with van der Waals surface area (Å²) in [5.41, 5.74) is 2.91. The molecular formula is C22H19Cl2N3O3. The summed E-state index contributed by atoms with van der Waals surface area (Å²) in [5.74, 6) is -0.333. The Hall–Kier alpha value is -3.09. The predicted octanol–water partition coefficient (Wildman–Crippen LogP) is 4.18. The molecule has 3 aromatic carbocycles. The van der Waals surface area contributed by atoms with Gasteiger partial charge in [0.25, 0.3) is 11.8 Å². The summed E-state index contributed by atoms with van der Waals surface area (Å²) in [7, 11) is 0. The Morgan fingerprint density at radius 2 is 1.83 bits per heavy atom. The Labute approximate surface area is 183 Å². The van der Waals surface area contributed by atoms with Crippen LogP contribution in [-0.4, -0.2) is 30.7 Å². The van der Waals surface area contributed by atoms with Gasteiger partial charge in [0.1, 0.15) is 11.8 Å². The molecule has 6 nitrogen and oxygen atoms in total. The zero-order chi connectivity index (χ0) is 21.5. The lowest BCUT2D eigenvalue weighted by Gasteiger charge is -2.13. The second-order valence-corrected chi connectivity index (χ2v) is 7.25. The number of carbonyl (C=O) groups excluding carboxylic acids is 2. The van der Waals surface area contributed by atoms with Gasteiger partial charge in [-0.05, 0) is 35.9 Å². The van der Waals surface area contributed by atoms with E-state index in [2.05, 4.69) is 15.8 Å². The normalized spacial score (nSPS) is 12.0. The van der Waals surface area contributed by atoms with E-state index in [1.165, 1.54) is 6.21 Å². The fraction of sp³-hybridized carbons (Fsp3) is 0.136. The third-order valence-electron chi connectivity index (χ3n) is 4.22. The summed E-state index contributed by atoms with van der Waals surface area (Å²) in [6.45, 7) is 1.34. The Bertz CT molecular complexity index is 1100. The van der Waals surface area contributed by atoms with Crippen LogP contribution in [0.4, 0.5) is 0 Å². The summed E-state index contributed by atoms with van der Waals surface area (Å²) in [6, 6.07) is 17.7. The molecule has 2 N–H and O–H groups in total. The lowest BCUT2D eigenvalue weighted by Crippen LogP contribution is -2.45. The van der Waals surface area contributed by atoms with E-state index in [4.69, 9.17) is 27.9 Å². The maximum Gasteiger partial charge on any atom is 0.262 e. The highest BCUT2D eigenvalue weighted by Gasteiger charge is 2.15. The van der Waals surface area contributed by atoms with Gasteiger partial charge in [-0.1, -0.05) is 65.7 Å². The standard InChI is InChI=1S/C22H19Cl2N3O3/c1-14(22(29)27-25-12-17-7-4-8-19(23)21(17)24)26-20(28)13-30-18-10-9-15-5-2-3-6-16(15)11-18/h2-12,14H,13H2,1H3,(H,26,28)(H,27,29)/t14-/m1/s1. The minimum atomic E-state index is -0.801. The average molecular weight is 444 g/mol. The van der Waals surface area contributed by atoms with Crippen LogP contribution in [0.15, 0.2) is 65.8 Å². The molecule has 8 heteroatoms. The number of hydrogen-bond donors (Lipinski definition) is 2. The number of carbonyl (C=O) groups is 2. The molecule has 0 aliphatic carbocycles. The van der Waals surface area contributed by atoms with Gasteiger partial charge in [-0.15, -0.1) is 0 Å². The molecule has 3 rings (SSSR count). The summed E-state index contributed by atoms with van der Waals surface area (Å²) in [5, 5.41) is 9.23. The van der Waals surface area contributed by atoms with Crippen LogP contribution in [0.25, 0.3) is 10.8 Å². The molecule has 0 aromatic heterocycles. The highest BCUT2D eigenvalue weighted by Crippen LogP contribution is 2.24. The minimum absolute atomic E-state index is 0.211. The van der Waals surface area contributed by atoms with E-state index in [9.17, 15) is 9.59 Å². The molecule has 0 aliphatic heterocycles. The molecule has 0 spiro atoms. The number of rotatable bonds is 7. The zero-order valence-corrected chi connectivity index (χ0v) is 17.6. The maximum absolute atomic E-state index is 12.1. The summed E-state index contributed by atoms with van der Waals surface area (Å²) in [4.78, 5) is 24.2. The van der Waals surface area contributed by atoms with Gasteiger partial charge in [0, 0.05) is 5.56 Å². The topological polar surface area (TPSA) is 79.8 Å². The number of fused-ring (bicyclic) bond motifs is 1. The third kappa shape index (κ3) is 5.72. The molecule has 0 unspecified atom stereocenters. The molecule has 154 valence electrons. The number of nitrogens with zero attached hydrogens (tertiary/aromatic N) is 1. The maximum atomic E-state index is 12.1. The summed E-state index contributed by atoms with van der Waals surface area (Å²) >= 11 is 12.0. The van der Waals surface area contributed by atoms with Gasteiger partial charge in [-0.3, -0.25) is 9.59 Å². The first-order valence-corrected chi connectivity index (χ1v) is 9.87. The molecule has 30 heavy (non-hydrogen) atoms. The number of benzene rings is 3. The van der Waals surface area contributed by atoms with Gasteiger partial charge in [-0.25, -0.2) is 5.43 Å². The first-order chi connectivity index (χ1) is 14.4. The highest BCUT2D eigenvalue weighted by atomic mass is 35.5. The second-order valence-electron chi connectivity index (χ2n) is 6.46. The van der Waals surface area contributed by atoms with Gasteiger partial charge >= 0.3 is 0 Å². The smallest absolute Gasteiger partial charge is 0.262 e. The van der Waals surface area contributed by atoms with E-state index in [0.717, 1.165) is 10.8 Å². The van der Waals surface area contributed by atoms with Crippen LogP contribution in [0.1, 0.15) is 12.5 Å². The number of halogens is 2. The predicted molar refractivity (Wildman–Crippen MR) is 119 cm³/mol. The van der Waals surface area contributed by atoms with Crippen molar-refractivity contribution in [3.05, 3.63) is 76.3 Å². The number of amides is 2. The van der Waals surface area contributed by atoms with Gasteiger partial charge < -0.3 is 10.1 Å². The van der Waals surface area contributed by atoms with Crippen molar-refractivity contribution >= 4 is 52.0 Å². The van der Waals surface area contributed by atoms with E-state index in [0.29, 0.717) is 21.4 Å². The second kappa shape index (κ2) is 10.1. The van der Waals surface area contributed by atoms with Gasteiger partial charge in [0.2, 0.25) is 0 Å². The van der Waals surface area contributed by atoms with E-state index < -0.39 is 17.9 Å². The molecule has 0 saturated heterocycles. The van der Waals surface area contributed by atoms with Crippen LogP contribution in [-0.2, 0) is 9.59 Å². The molecule has 0 fully saturated rings. The molecule has 1 atom stereocenters.